The van der Waals surface area contributed by atoms with Gasteiger partial charge in [-0.3, -0.25) is 4.79 Å². The van der Waals surface area contributed by atoms with Crippen LogP contribution in [-0.2, 0) is 22.4 Å². The number of nitrogens with zero attached hydrogens (tertiary/aromatic N) is 3. The number of carbonyl (C=O) groups excluding carboxylic acids is 1. The van der Waals surface area contributed by atoms with Gasteiger partial charge in [0.1, 0.15) is 17.0 Å². The zero-order valence-electron chi connectivity index (χ0n) is 17.6. The van der Waals surface area contributed by atoms with E-state index in [1.807, 2.05) is 12.1 Å². The second kappa shape index (κ2) is 10.4. The molecule has 5 rings (SSSR count). The Labute approximate surface area is 198 Å². The molecular formula is C22H25BrN6O2S. The summed E-state index contributed by atoms with van der Waals surface area (Å²) in [4.78, 5) is 23.2. The van der Waals surface area contributed by atoms with Gasteiger partial charge in [0.15, 0.2) is 0 Å². The summed E-state index contributed by atoms with van der Waals surface area (Å²) in [5.74, 6) is 0.820. The minimum absolute atomic E-state index is 0.572. The Kier molecular flexibility index (Phi) is 7.33. The van der Waals surface area contributed by atoms with E-state index in [1.165, 1.54) is 29.5 Å². The van der Waals surface area contributed by atoms with Crippen LogP contribution >= 0.6 is 27.3 Å². The molecule has 0 atom stereocenters. The van der Waals surface area contributed by atoms with Crippen molar-refractivity contribution in [1.82, 2.24) is 14.9 Å². The normalized spacial score (nSPS) is 15.5. The fourth-order valence-electron chi connectivity index (χ4n) is 3.82. The Morgan fingerprint density at radius 3 is 2.72 bits per heavy atom. The molecule has 168 valence electrons. The smallest absolute Gasteiger partial charge is 0.209 e. The van der Waals surface area contributed by atoms with Crippen LogP contribution in [-0.4, -0.2) is 53.8 Å². The van der Waals surface area contributed by atoms with Crippen LogP contribution in [0.2, 0.25) is 0 Å². The molecule has 10 heteroatoms. The first kappa shape index (κ1) is 22.6. The van der Waals surface area contributed by atoms with Crippen LogP contribution < -0.4 is 11.1 Å². The number of halogens is 1. The topological polar surface area (TPSA) is 117 Å². The molecular weight excluding hydrogens is 492 g/mol. The van der Waals surface area contributed by atoms with E-state index in [4.69, 9.17) is 15.9 Å². The number of carbonyl (C=O) groups is 1. The number of amides is 1. The molecule has 1 fully saturated rings. The number of hydrogen-bond acceptors (Lipinski definition) is 8. The van der Waals surface area contributed by atoms with Gasteiger partial charge in [0.25, 0.3) is 0 Å². The van der Waals surface area contributed by atoms with Gasteiger partial charge in [-0.25, -0.2) is 9.97 Å². The first-order valence-corrected chi connectivity index (χ1v) is 12.1. The standard InChI is InChI=1S/C17H16BrN5S.C5H9NO2/c18-11-6-12(20)9(7-19)5-13(11)23-16-15-10-3-1-2-4-14(10)24-17(15)22-8-21-16;7-5-6-1-3-8-4-2-6/h5-8,19H,1-4,20H2,(H,21,22,23);5H,1-4H2. The molecule has 1 saturated heterocycles. The maximum absolute atomic E-state index is 10.0. The molecule has 3 aromatic rings. The van der Waals surface area contributed by atoms with E-state index in [9.17, 15) is 4.79 Å². The number of fused-ring (bicyclic) bond motifs is 3. The minimum atomic E-state index is 0.572. The number of thiophene rings is 1. The number of nitrogen functional groups attached to an aromatic ring is 1. The zero-order chi connectivity index (χ0) is 22.5. The molecule has 1 aliphatic carbocycles. The lowest BCUT2D eigenvalue weighted by molar-refractivity contribution is -0.121. The highest BCUT2D eigenvalue weighted by Crippen LogP contribution is 2.39. The summed E-state index contributed by atoms with van der Waals surface area (Å²) in [6, 6.07) is 3.67. The second-order valence-corrected chi connectivity index (χ2v) is 9.54. The maximum Gasteiger partial charge on any atom is 0.209 e. The maximum atomic E-state index is 10.0. The van der Waals surface area contributed by atoms with E-state index in [0.29, 0.717) is 24.5 Å². The Hall–Kier alpha value is -2.56. The van der Waals surface area contributed by atoms with Crippen LogP contribution in [0.3, 0.4) is 0 Å². The highest BCUT2D eigenvalue weighted by Gasteiger charge is 2.20. The Morgan fingerprint density at radius 1 is 1.22 bits per heavy atom. The lowest BCUT2D eigenvalue weighted by Crippen LogP contribution is -2.34. The number of morpholine rings is 1. The number of rotatable bonds is 4. The van der Waals surface area contributed by atoms with E-state index in [-0.39, 0.29) is 0 Å². The second-order valence-electron chi connectivity index (χ2n) is 7.60. The number of nitrogens with one attached hydrogen (secondary N) is 2. The van der Waals surface area contributed by atoms with Crippen LogP contribution in [0.1, 0.15) is 28.8 Å². The van der Waals surface area contributed by atoms with Gasteiger partial charge in [-0.2, -0.15) is 0 Å². The number of nitrogens with two attached hydrogens (primary N) is 1. The van der Waals surface area contributed by atoms with Gasteiger partial charge in [-0.1, -0.05) is 0 Å². The number of aryl methyl sites for hydroxylation is 2. The zero-order valence-corrected chi connectivity index (χ0v) is 20.0. The van der Waals surface area contributed by atoms with Gasteiger partial charge in [0.05, 0.1) is 24.3 Å². The molecule has 8 nitrogen and oxygen atoms in total. The van der Waals surface area contributed by atoms with Crippen molar-refractivity contribution in [3.05, 3.63) is 38.9 Å². The lowest BCUT2D eigenvalue weighted by atomic mass is 9.97. The van der Waals surface area contributed by atoms with E-state index < -0.39 is 0 Å². The summed E-state index contributed by atoms with van der Waals surface area (Å²) in [6.45, 7) is 2.89. The third-order valence-corrected chi connectivity index (χ3v) is 7.38. The molecule has 1 amide bonds. The van der Waals surface area contributed by atoms with E-state index >= 15 is 0 Å². The molecule has 4 N–H and O–H groups in total. The van der Waals surface area contributed by atoms with Gasteiger partial charge in [0, 0.05) is 39.9 Å². The number of hydrogen-bond donors (Lipinski definition) is 3. The predicted octanol–water partition coefficient (Wildman–Crippen LogP) is 4.13. The summed E-state index contributed by atoms with van der Waals surface area (Å²) < 4.78 is 5.85. The molecule has 2 aliphatic rings. The minimum Gasteiger partial charge on any atom is -0.398 e. The van der Waals surface area contributed by atoms with Crippen molar-refractivity contribution in [2.24, 2.45) is 0 Å². The van der Waals surface area contributed by atoms with Gasteiger partial charge >= 0.3 is 0 Å². The molecule has 0 radical (unpaired) electrons. The number of anilines is 3. The van der Waals surface area contributed by atoms with Crippen LogP contribution in [0.4, 0.5) is 17.2 Å². The quantitative estimate of drug-likeness (QED) is 0.272. The Bertz CT molecular complexity index is 1130. The molecule has 2 aromatic heterocycles. The van der Waals surface area contributed by atoms with E-state index in [2.05, 4.69) is 31.2 Å². The summed E-state index contributed by atoms with van der Waals surface area (Å²) in [5.41, 5.74) is 9.42. The first-order chi connectivity index (χ1) is 15.6. The van der Waals surface area contributed by atoms with Gasteiger partial charge in [-0.15, -0.1) is 11.3 Å². The molecule has 32 heavy (non-hydrogen) atoms. The predicted molar refractivity (Wildman–Crippen MR) is 132 cm³/mol. The van der Waals surface area contributed by atoms with Crippen molar-refractivity contribution in [2.75, 3.05) is 37.4 Å². The molecule has 3 heterocycles. The van der Waals surface area contributed by atoms with Crippen molar-refractivity contribution in [3.8, 4) is 0 Å². The molecule has 1 aromatic carbocycles. The SMILES string of the molecule is N=Cc1cc(Nc2ncnc3sc4c(c23)CCCC4)c(Br)cc1N.O=CN1CCOCC1. The summed E-state index contributed by atoms with van der Waals surface area (Å²) in [5, 5.41) is 12.0. The summed E-state index contributed by atoms with van der Waals surface area (Å²) in [6.07, 6.45) is 8.43. The number of aromatic nitrogens is 2. The van der Waals surface area contributed by atoms with Crippen molar-refractivity contribution in [1.29, 1.82) is 5.41 Å². The van der Waals surface area contributed by atoms with Gasteiger partial charge < -0.3 is 26.1 Å². The fraction of sp³-hybridized carbons (Fsp3) is 0.364. The van der Waals surface area contributed by atoms with Crippen LogP contribution in [0.25, 0.3) is 10.2 Å². The molecule has 0 bridgehead atoms. The highest BCUT2D eigenvalue weighted by atomic mass is 79.9. The van der Waals surface area contributed by atoms with Crippen LogP contribution in [0, 0.1) is 5.41 Å². The number of benzene rings is 1. The average molecular weight is 517 g/mol. The van der Waals surface area contributed by atoms with E-state index in [1.54, 1.807) is 22.6 Å². The van der Waals surface area contributed by atoms with Crippen molar-refractivity contribution in [2.45, 2.75) is 25.7 Å². The molecule has 0 spiro atoms. The van der Waals surface area contributed by atoms with Crippen LogP contribution in [0.15, 0.2) is 22.9 Å². The molecule has 1 aliphatic heterocycles. The van der Waals surface area contributed by atoms with Crippen molar-refractivity contribution < 1.29 is 9.53 Å². The monoisotopic (exact) mass is 516 g/mol. The molecule has 0 unspecified atom stereocenters. The highest BCUT2D eigenvalue weighted by molar-refractivity contribution is 9.10. The fourth-order valence-corrected chi connectivity index (χ4v) is 5.51. The average Bonchev–Trinajstić information content (AvgIpc) is 3.21. The first-order valence-electron chi connectivity index (χ1n) is 10.5. The van der Waals surface area contributed by atoms with E-state index in [0.717, 1.165) is 58.5 Å². The number of ether oxygens (including phenoxy) is 1. The summed E-state index contributed by atoms with van der Waals surface area (Å²) in [7, 11) is 0. The van der Waals surface area contributed by atoms with Crippen LogP contribution in [0.5, 0.6) is 0 Å². The lowest BCUT2D eigenvalue weighted by Gasteiger charge is -2.21. The van der Waals surface area contributed by atoms with Crippen molar-refractivity contribution in [3.63, 3.8) is 0 Å². The van der Waals surface area contributed by atoms with Gasteiger partial charge in [0.2, 0.25) is 6.41 Å². The summed E-state index contributed by atoms with van der Waals surface area (Å²) >= 11 is 5.32. The van der Waals surface area contributed by atoms with Crippen molar-refractivity contribution >= 4 is 67.3 Å². The van der Waals surface area contributed by atoms with Gasteiger partial charge in [-0.05, 0) is 59.3 Å². The third kappa shape index (κ3) is 4.92. The third-order valence-electron chi connectivity index (χ3n) is 5.53. The Morgan fingerprint density at radius 2 is 2.00 bits per heavy atom. The largest absolute Gasteiger partial charge is 0.398 e. The molecule has 0 saturated carbocycles. The Balaban J connectivity index is 0.000000260.